The van der Waals surface area contributed by atoms with Crippen molar-refractivity contribution in [3.05, 3.63) is 67.8 Å². The fraction of sp³-hybridized carbons (Fsp3) is 0.0909. The Kier molecular flexibility index (Phi) is 3.38. The van der Waals surface area contributed by atoms with E-state index in [9.17, 15) is 14.9 Å². The molecule has 0 unspecified atom stereocenters. The van der Waals surface area contributed by atoms with Crippen molar-refractivity contribution < 1.29 is 4.92 Å². The molecule has 0 radical (unpaired) electrons. The second-order valence-electron chi connectivity index (χ2n) is 3.61. The Morgan fingerprint density at radius 3 is 2.89 bits per heavy atom. The van der Waals surface area contributed by atoms with Gasteiger partial charge in [-0.15, -0.1) is 0 Å². The summed E-state index contributed by atoms with van der Waals surface area (Å²) in [5, 5.41) is 11.0. The highest BCUT2D eigenvalue weighted by molar-refractivity contribution is 6.29. The molecule has 2 aromatic rings. The van der Waals surface area contributed by atoms with E-state index in [4.69, 9.17) is 11.6 Å². The molecule has 6 nitrogen and oxygen atoms in total. The SMILES string of the molecule is O=c1ccn(Cc2ccnc(Cl)c2)cc1[N+](=O)[O-]. The Morgan fingerprint density at radius 2 is 2.22 bits per heavy atom. The normalized spacial score (nSPS) is 10.3. The summed E-state index contributed by atoms with van der Waals surface area (Å²) in [5.41, 5.74) is -0.213. The molecule has 0 aliphatic rings. The number of nitrogens with zero attached hydrogens (tertiary/aromatic N) is 3. The number of hydrogen-bond acceptors (Lipinski definition) is 4. The van der Waals surface area contributed by atoms with E-state index < -0.39 is 16.0 Å². The summed E-state index contributed by atoms with van der Waals surface area (Å²) in [5.74, 6) is 0. The van der Waals surface area contributed by atoms with Gasteiger partial charge in [0.15, 0.2) is 0 Å². The second-order valence-corrected chi connectivity index (χ2v) is 4.00. The number of hydrogen-bond donors (Lipinski definition) is 0. The lowest BCUT2D eigenvalue weighted by Gasteiger charge is -2.05. The lowest BCUT2D eigenvalue weighted by Crippen LogP contribution is -2.11. The molecule has 2 aromatic heterocycles. The third-order valence-corrected chi connectivity index (χ3v) is 2.52. The van der Waals surface area contributed by atoms with Gasteiger partial charge in [0.1, 0.15) is 5.15 Å². The first kappa shape index (κ1) is 12.3. The molecular formula is C11H8ClN3O3. The zero-order valence-electron chi connectivity index (χ0n) is 9.12. The summed E-state index contributed by atoms with van der Waals surface area (Å²) in [6.07, 6.45) is 4.24. The van der Waals surface area contributed by atoms with Crippen molar-refractivity contribution in [1.82, 2.24) is 9.55 Å². The van der Waals surface area contributed by atoms with Gasteiger partial charge in [0.2, 0.25) is 0 Å². The Bertz CT molecular complexity index is 654. The topological polar surface area (TPSA) is 78.0 Å². The minimum atomic E-state index is -0.696. The lowest BCUT2D eigenvalue weighted by atomic mass is 10.2. The Hall–Kier alpha value is -2.21. The molecule has 0 fully saturated rings. The molecule has 2 heterocycles. The van der Waals surface area contributed by atoms with Gasteiger partial charge in [-0.3, -0.25) is 14.9 Å². The quantitative estimate of drug-likeness (QED) is 0.482. The van der Waals surface area contributed by atoms with Gasteiger partial charge in [-0.2, -0.15) is 0 Å². The van der Waals surface area contributed by atoms with Crippen molar-refractivity contribution >= 4 is 17.3 Å². The van der Waals surface area contributed by atoms with Gasteiger partial charge in [0.25, 0.3) is 5.43 Å². The fourth-order valence-electron chi connectivity index (χ4n) is 1.50. The van der Waals surface area contributed by atoms with Crippen LogP contribution in [0.4, 0.5) is 5.69 Å². The monoisotopic (exact) mass is 265 g/mol. The molecule has 0 bridgehead atoms. The van der Waals surface area contributed by atoms with E-state index in [1.807, 2.05) is 0 Å². The van der Waals surface area contributed by atoms with E-state index in [0.29, 0.717) is 11.7 Å². The molecule has 0 amide bonds. The molecule has 18 heavy (non-hydrogen) atoms. The van der Waals surface area contributed by atoms with Gasteiger partial charge >= 0.3 is 5.69 Å². The van der Waals surface area contributed by atoms with Crippen LogP contribution in [-0.4, -0.2) is 14.5 Å². The van der Waals surface area contributed by atoms with Gasteiger partial charge in [0, 0.05) is 25.0 Å². The minimum absolute atomic E-state index is 0.350. The maximum atomic E-state index is 11.2. The lowest BCUT2D eigenvalue weighted by molar-refractivity contribution is -0.386. The maximum Gasteiger partial charge on any atom is 0.332 e. The van der Waals surface area contributed by atoms with Crippen molar-refractivity contribution in [3.63, 3.8) is 0 Å². The van der Waals surface area contributed by atoms with Gasteiger partial charge in [-0.1, -0.05) is 11.6 Å². The molecule has 92 valence electrons. The Labute approximate surface area is 107 Å². The second kappa shape index (κ2) is 4.97. The molecule has 2 rings (SSSR count). The van der Waals surface area contributed by atoms with Crippen molar-refractivity contribution in [2.45, 2.75) is 6.54 Å². The molecule has 0 saturated carbocycles. The van der Waals surface area contributed by atoms with Gasteiger partial charge in [-0.25, -0.2) is 4.98 Å². The van der Waals surface area contributed by atoms with Crippen molar-refractivity contribution in [1.29, 1.82) is 0 Å². The number of aromatic nitrogens is 2. The van der Waals surface area contributed by atoms with Crippen LogP contribution in [-0.2, 0) is 6.54 Å². The van der Waals surface area contributed by atoms with E-state index in [1.54, 1.807) is 22.9 Å². The van der Waals surface area contributed by atoms with Crippen molar-refractivity contribution in [3.8, 4) is 0 Å². The summed E-state index contributed by atoms with van der Waals surface area (Å²) in [6.45, 7) is 0.378. The third kappa shape index (κ3) is 2.72. The van der Waals surface area contributed by atoms with Gasteiger partial charge in [0.05, 0.1) is 11.1 Å². The Morgan fingerprint density at radius 1 is 1.44 bits per heavy atom. The molecule has 0 saturated heterocycles. The van der Waals surface area contributed by atoms with E-state index in [0.717, 1.165) is 5.56 Å². The molecular weight excluding hydrogens is 258 g/mol. The van der Waals surface area contributed by atoms with Crippen LogP contribution >= 0.6 is 11.6 Å². The molecule has 0 atom stereocenters. The maximum absolute atomic E-state index is 11.2. The van der Waals surface area contributed by atoms with Crippen molar-refractivity contribution in [2.24, 2.45) is 0 Å². The van der Waals surface area contributed by atoms with Crippen LogP contribution in [0.15, 0.2) is 41.6 Å². The smallest absolute Gasteiger partial charge is 0.332 e. The summed E-state index contributed by atoms with van der Waals surface area (Å²) in [6, 6.07) is 4.57. The largest absolute Gasteiger partial charge is 0.344 e. The average Bonchev–Trinajstić information content (AvgIpc) is 2.31. The standard InChI is InChI=1S/C11H8ClN3O3/c12-11-5-8(1-3-13-11)6-14-4-2-10(16)9(7-14)15(17)18/h1-5,7H,6H2. The highest BCUT2D eigenvalue weighted by Gasteiger charge is 2.11. The van der Waals surface area contributed by atoms with Crippen LogP contribution in [0.2, 0.25) is 5.15 Å². The zero-order chi connectivity index (χ0) is 13.1. The molecule has 0 aliphatic carbocycles. The summed E-state index contributed by atoms with van der Waals surface area (Å²) in [4.78, 5) is 25.0. The van der Waals surface area contributed by atoms with E-state index in [-0.39, 0.29) is 0 Å². The van der Waals surface area contributed by atoms with Crippen LogP contribution < -0.4 is 5.43 Å². The average molecular weight is 266 g/mol. The third-order valence-electron chi connectivity index (χ3n) is 2.31. The number of rotatable bonds is 3. The first-order valence-electron chi connectivity index (χ1n) is 5.01. The first-order valence-corrected chi connectivity index (χ1v) is 5.39. The predicted molar refractivity (Wildman–Crippen MR) is 65.7 cm³/mol. The van der Waals surface area contributed by atoms with E-state index in [2.05, 4.69) is 4.98 Å². The molecule has 0 N–H and O–H groups in total. The van der Waals surface area contributed by atoms with Crippen LogP contribution in [0.3, 0.4) is 0 Å². The molecule has 7 heteroatoms. The number of nitro groups is 1. The summed E-state index contributed by atoms with van der Waals surface area (Å²) in [7, 11) is 0. The fourth-order valence-corrected chi connectivity index (χ4v) is 1.70. The number of pyridine rings is 2. The van der Waals surface area contributed by atoms with E-state index in [1.165, 1.54) is 18.5 Å². The number of halogens is 1. The highest BCUT2D eigenvalue weighted by Crippen LogP contribution is 2.10. The van der Waals surface area contributed by atoms with Gasteiger partial charge in [-0.05, 0) is 17.7 Å². The molecule has 0 aromatic carbocycles. The summed E-state index contributed by atoms with van der Waals surface area (Å²) >= 11 is 5.74. The first-order chi connectivity index (χ1) is 8.56. The Balaban J connectivity index is 2.33. The van der Waals surface area contributed by atoms with E-state index >= 15 is 0 Å². The zero-order valence-corrected chi connectivity index (χ0v) is 9.87. The minimum Gasteiger partial charge on any atom is -0.344 e. The summed E-state index contributed by atoms with van der Waals surface area (Å²) < 4.78 is 1.55. The predicted octanol–water partition coefficient (Wildman–Crippen LogP) is 1.85. The highest BCUT2D eigenvalue weighted by atomic mass is 35.5. The molecule has 0 aliphatic heterocycles. The van der Waals surface area contributed by atoms with Crippen LogP contribution in [0.25, 0.3) is 0 Å². The van der Waals surface area contributed by atoms with Crippen LogP contribution in [0.5, 0.6) is 0 Å². The van der Waals surface area contributed by atoms with Crippen LogP contribution in [0, 0.1) is 10.1 Å². The van der Waals surface area contributed by atoms with Gasteiger partial charge < -0.3 is 4.57 Å². The molecule has 0 spiro atoms. The van der Waals surface area contributed by atoms with Crippen LogP contribution in [0.1, 0.15) is 5.56 Å². The van der Waals surface area contributed by atoms with Crippen molar-refractivity contribution in [2.75, 3.05) is 0 Å².